The Morgan fingerprint density at radius 3 is 2.30 bits per heavy atom. The maximum Gasteiger partial charge on any atom is 0.245 e. The number of nitrogens with one attached hydrogen (secondary N) is 2. The van der Waals surface area contributed by atoms with Gasteiger partial charge in [0.2, 0.25) is 15.9 Å². The molecule has 0 bridgehead atoms. The van der Waals surface area contributed by atoms with E-state index in [2.05, 4.69) is 10.0 Å². The van der Waals surface area contributed by atoms with E-state index in [-0.39, 0.29) is 37.8 Å². The zero-order valence-corrected chi connectivity index (χ0v) is 20.8. The van der Waals surface area contributed by atoms with Crippen LogP contribution in [0, 0.1) is 6.92 Å². The first-order valence-corrected chi connectivity index (χ1v) is 12.4. The Hall–Kier alpha value is -2.29. The molecule has 0 saturated heterocycles. The molecular weight excluding hydrogens is 507 g/mol. The monoisotopic (exact) mass is 526 g/mol. The van der Waals surface area contributed by atoms with Gasteiger partial charge in [0.05, 0.1) is 27.9 Å². The van der Waals surface area contributed by atoms with Crippen molar-refractivity contribution in [1.29, 1.82) is 0 Å². The first-order chi connectivity index (χ1) is 15.6. The summed E-state index contributed by atoms with van der Waals surface area (Å²) < 4.78 is 34.2. The number of amides is 1. The maximum atomic E-state index is 13.3. The van der Waals surface area contributed by atoms with Crippen molar-refractivity contribution in [3.63, 3.8) is 0 Å². The van der Waals surface area contributed by atoms with Crippen LogP contribution >= 0.6 is 34.8 Å². The molecule has 0 aliphatic carbocycles. The highest BCUT2D eigenvalue weighted by molar-refractivity contribution is 7.89. The van der Waals surface area contributed by atoms with Crippen molar-refractivity contribution in [2.45, 2.75) is 24.3 Å². The lowest BCUT2D eigenvalue weighted by molar-refractivity contribution is -0.117. The van der Waals surface area contributed by atoms with E-state index >= 15 is 0 Å². The Bertz CT molecular complexity index is 1270. The van der Waals surface area contributed by atoms with Gasteiger partial charge in [-0.05, 0) is 48.7 Å². The summed E-state index contributed by atoms with van der Waals surface area (Å²) in [6, 6.07) is 15.5. The van der Waals surface area contributed by atoms with Crippen molar-refractivity contribution in [3.05, 3.63) is 86.9 Å². The van der Waals surface area contributed by atoms with Crippen molar-refractivity contribution < 1.29 is 17.9 Å². The average Bonchev–Trinajstić information content (AvgIpc) is 2.77. The number of carbonyl (C=O) groups is 1. The topological polar surface area (TPSA) is 84.5 Å². The largest absolute Gasteiger partial charge is 0.495 e. The Balaban J connectivity index is 1.95. The number of halogens is 3. The van der Waals surface area contributed by atoms with Gasteiger partial charge in [0.25, 0.3) is 0 Å². The summed E-state index contributed by atoms with van der Waals surface area (Å²) >= 11 is 18.2. The number of ether oxygens (including phenoxy) is 1. The highest BCUT2D eigenvalue weighted by Gasteiger charge is 2.29. The summed E-state index contributed by atoms with van der Waals surface area (Å²) in [5, 5.41) is 3.23. The normalized spacial score (nSPS) is 12.3. The quantitative estimate of drug-likeness (QED) is 0.379. The molecule has 0 fully saturated rings. The third-order valence-electron chi connectivity index (χ3n) is 4.77. The van der Waals surface area contributed by atoms with Gasteiger partial charge in [0.15, 0.2) is 0 Å². The molecule has 1 atom stereocenters. The molecule has 3 aromatic carbocycles. The van der Waals surface area contributed by atoms with Crippen LogP contribution in [-0.4, -0.2) is 27.5 Å². The van der Waals surface area contributed by atoms with Gasteiger partial charge in [-0.3, -0.25) is 4.79 Å². The fourth-order valence-electron chi connectivity index (χ4n) is 3.12. The second kappa shape index (κ2) is 10.8. The van der Waals surface area contributed by atoms with Gasteiger partial charge < -0.3 is 10.1 Å². The molecule has 0 aromatic heterocycles. The van der Waals surface area contributed by atoms with E-state index in [0.29, 0.717) is 0 Å². The minimum atomic E-state index is -4.12. The van der Waals surface area contributed by atoms with Crippen LogP contribution in [0.2, 0.25) is 15.1 Å². The minimum Gasteiger partial charge on any atom is -0.495 e. The Morgan fingerprint density at radius 2 is 1.64 bits per heavy atom. The van der Waals surface area contributed by atoms with Gasteiger partial charge in [0.1, 0.15) is 16.7 Å². The van der Waals surface area contributed by atoms with E-state index in [9.17, 15) is 13.2 Å². The summed E-state index contributed by atoms with van der Waals surface area (Å²) in [7, 11) is -2.74. The van der Waals surface area contributed by atoms with Crippen molar-refractivity contribution in [3.8, 4) is 5.75 Å². The molecule has 0 unspecified atom stereocenters. The Morgan fingerprint density at radius 1 is 0.970 bits per heavy atom. The van der Waals surface area contributed by atoms with Gasteiger partial charge in [0, 0.05) is 0 Å². The van der Waals surface area contributed by atoms with Gasteiger partial charge in [-0.25, -0.2) is 8.42 Å². The molecule has 3 rings (SSSR count). The van der Waals surface area contributed by atoms with Crippen molar-refractivity contribution >= 4 is 56.4 Å². The predicted octanol–water partition coefficient (Wildman–Crippen LogP) is 5.49. The number of benzene rings is 3. The number of hydrogen-bond donors (Lipinski definition) is 2. The second-order valence-corrected chi connectivity index (χ2v) is 10.2. The molecule has 174 valence electrons. The average molecular weight is 528 g/mol. The lowest BCUT2D eigenvalue weighted by atomic mass is 10.1. The standard InChI is InChI=1S/C23H21Cl3N2O4S/c1-14-8-9-21(32-2)22(10-14)33(30,31)28-20(11-15-6-4-3-5-7-15)23(29)27-19-13-17(25)16(24)12-18(19)26/h3-10,12-13,20,28H,11H2,1-2H3,(H,27,29)/t20-/m1/s1. The number of rotatable bonds is 8. The molecule has 2 N–H and O–H groups in total. The predicted molar refractivity (Wildman–Crippen MR) is 132 cm³/mol. The molecule has 0 heterocycles. The van der Waals surface area contributed by atoms with E-state index in [1.54, 1.807) is 43.3 Å². The Kier molecular flexibility index (Phi) is 8.26. The summed E-state index contributed by atoms with van der Waals surface area (Å²) in [5.41, 5.74) is 1.70. The molecular formula is C23H21Cl3N2O4S. The van der Waals surface area contributed by atoms with Crippen LogP contribution in [0.1, 0.15) is 11.1 Å². The smallest absolute Gasteiger partial charge is 0.245 e. The molecule has 33 heavy (non-hydrogen) atoms. The van der Waals surface area contributed by atoms with E-state index in [4.69, 9.17) is 39.5 Å². The molecule has 0 aliphatic heterocycles. The highest BCUT2D eigenvalue weighted by atomic mass is 35.5. The molecule has 0 spiro atoms. The van der Waals surface area contributed by atoms with Crippen LogP contribution in [0.4, 0.5) is 5.69 Å². The van der Waals surface area contributed by atoms with E-state index in [0.717, 1.165) is 11.1 Å². The summed E-state index contributed by atoms with van der Waals surface area (Å²) in [4.78, 5) is 13.1. The Labute approximate surface area is 207 Å². The molecule has 3 aromatic rings. The van der Waals surface area contributed by atoms with Crippen LogP contribution in [0.15, 0.2) is 65.6 Å². The summed E-state index contributed by atoms with van der Waals surface area (Å²) in [6.45, 7) is 1.76. The fraction of sp³-hybridized carbons (Fsp3) is 0.174. The van der Waals surface area contributed by atoms with Crippen LogP contribution in [0.5, 0.6) is 5.75 Å². The van der Waals surface area contributed by atoms with Crippen LogP contribution < -0.4 is 14.8 Å². The first-order valence-electron chi connectivity index (χ1n) is 9.77. The fourth-order valence-corrected chi connectivity index (χ4v) is 5.16. The molecule has 10 heteroatoms. The number of carbonyl (C=O) groups excluding carboxylic acids is 1. The maximum absolute atomic E-state index is 13.3. The number of aryl methyl sites for hydroxylation is 1. The zero-order valence-electron chi connectivity index (χ0n) is 17.7. The third-order valence-corrected chi connectivity index (χ3v) is 7.30. The lowest BCUT2D eigenvalue weighted by Gasteiger charge is -2.20. The summed E-state index contributed by atoms with van der Waals surface area (Å²) in [6.07, 6.45) is 0.0962. The van der Waals surface area contributed by atoms with Gasteiger partial charge in [-0.1, -0.05) is 71.2 Å². The van der Waals surface area contributed by atoms with E-state index in [1.165, 1.54) is 25.3 Å². The van der Waals surface area contributed by atoms with Crippen molar-refractivity contribution in [2.75, 3.05) is 12.4 Å². The second-order valence-electron chi connectivity index (χ2n) is 7.25. The van der Waals surface area contributed by atoms with E-state index in [1.807, 2.05) is 6.07 Å². The molecule has 0 aliphatic rings. The van der Waals surface area contributed by atoms with Crippen LogP contribution in [-0.2, 0) is 21.2 Å². The summed E-state index contributed by atoms with van der Waals surface area (Å²) in [5.74, 6) is -0.450. The number of methoxy groups -OCH3 is 1. The first kappa shape index (κ1) is 25.3. The van der Waals surface area contributed by atoms with Crippen LogP contribution in [0.3, 0.4) is 0 Å². The van der Waals surface area contributed by atoms with Gasteiger partial charge >= 0.3 is 0 Å². The number of anilines is 1. The van der Waals surface area contributed by atoms with Crippen LogP contribution in [0.25, 0.3) is 0 Å². The van der Waals surface area contributed by atoms with Gasteiger partial charge in [-0.15, -0.1) is 0 Å². The third kappa shape index (κ3) is 6.40. The lowest BCUT2D eigenvalue weighted by Crippen LogP contribution is -2.45. The highest BCUT2D eigenvalue weighted by Crippen LogP contribution is 2.32. The molecule has 0 radical (unpaired) electrons. The SMILES string of the molecule is COc1ccc(C)cc1S(=O)(=O)N[C@H](Cc1ccccc1)C(=O)Nc1cc(Cl)c(Cl)cc1Cl. The van der Waals surface area contributed by atoms with Crippen molar-refractivity contribution in [2.24, 2.45) is 0 Å². The minimum absolute atomic E-state index is 0.0663. The van der Waals surface area contributed by atoms with Gasteiger partial charge in [-0.2, -0.15) is 4.72 Å². The molecule has 6 nitrogen and oxygen atoms in total. The van der Waals surface area contributed by atoms with Crippen molar-refractivity contribution in [1.82, 2.24) is 4.72 Å². The molecule has 1 amide bonds. The van der Waals surface area contributed by atoms with E-state index < -0.39 is 22.0 Å². The zero-order chi connectivity index (χ0) is 24.2. The molecule has 0 saturated carbocycles. The number of sulfonamides is 1. The number of hydrogen-bond acceptors (Lipinski definition) is 4.